The van der Waals surface area contributed by atoms with Crippen molar-refractivity contribution >= 4 is 9.84 Å². The minimum Gasteiger partial charge on any atom is -0.497 e. The van der Waals surface area contributed by atoms with Crippen LogP contribution in [0, 0.1) is 0 Å². The lowest BCUT2D eigenvalue weighted by Crippen LogP contribution is -2.48. The molecule has 23 heavy (non-hydrogen) atoms. The van der Waals surface area contributed by atoms with Crippen molar-refractivity contribution in [1.82, 2.24) is 4.90 Å². The van der Waals surface area contributed by atoms with Crippen LogP contribution in [0.5, 0.6) is 5.75 Å². The zero-order valence-corrected chi connectivity index (χ0v) is 14.8. The Labute approximate surface area is 139 Å². The predicted octanol–water partition coefficient (Wildman–Crippen LogP) is 2.09. The van der Waals surface area contributed by atoms with Gasteiger partial charge in [-0.3, -0.25) is 4.90 Å². The molecule has 130 valence electrons. The van der Waals surface area contributed by atoms with Crippen LogP contribution in [0.4, 0.5) is 0 Å². The SMILES string of the molecule is CC[C@H](O)[C@@H]1CCCCN1CCS(=O)(=O)c1cccc(OC)c1. The fourth-order valence-corrected chi connectivity index (χ4v) is 4.44. The number of piperidine rings is 1. The second-order valence-corrected chi connectivity index (χ2v) is 8.18. The average Bonchev–Trinajstić information content (AvgIpc) is 2.59. The summed E-state index contributed by atoms with van der Waals surface area (Å²) in [5.41, 5.74) is 0. The summed E-state index contributed by atoms with van der Waals surface area (Å²) in [5, 5.41) is 10.2. The fraction of sp³-hybridized carbons (Fsp3) is 0.647. The number of likely N-dealkylation sites (tertiary alicyclic amines) is 1. The maximum atomic E-state index is 12.5. The van der Waals surface area contributed by atoms with E-state index >= 15 is 0 Å². The van der Waals surface area contributed by atoms with Crippen molar-refractivity contribution < 1.29 is 18.3 Å². The Hall–Kier alpha value is -1.11. The van der Waals surface area contributed by atoms with Gasteiger partial charge in [0.05, 0.1) is 23.9 Å². The highest BCUT2D eigenvalue weighted by molar-refractivity contribution is 7.91. The number of ether oxygens (including phenoxy) is 1. The predicted molar refractivity (Wildman–Crippen MR) is 90.6 cm³/mol. The van der Waals surface area contributed by atoms with Gasteiger partial charge < -0.3 is 9.84 Å². The van der Waals surface area contributed by atoms with E-state index in [9.17, 15) is 13.5 Å². The highest BCUT2D eigenvalue weighted by Gasteiger charge is 2.28. The van der Waals surface area contributed by atoms with E-state index in [1.54, 1.807) is 24.3 Å². The molecule has 2 atom stereocenters. The van der Waals surface area contributed by atoms with Crippen molar-refractivity contribution in [3.8, 4) is 5.75 Å². The molecule has 1 aliphatic heterocycles. The summed E-state index contributed by atoms with van der Waals surface area (Å²) in [6, 6.07) is 6.67. The number of benzene rings is 1. The number of methoxy groups -OCH3 is 1. The Morgan fingerprint density at radius 1 is 1.39 bits per heavy atom. The summed E-state index contributed by atoms with van der Waals surface area (Å²) < 4.78 is 30.2. The standard InChI is InChI=1S/C17H27NO4S/c1-3-17(19)16-9-4-5-10-18(16)11-12-23(20,21)15-8-6-7-14(13-15)22-2/h6-8,13,16-17,19H,3-5,9-12H2,1-2H3/t16-,17-/m0/s1. The number of hydrogen-bond acceptors (Lipinski definition) is 5. The first-order valence-corrected chi connectivity index (χ1v) is 9.92. The van der Waals surface area contributed by atoms with E-state index in [1.807, 2.05) is 6.92 Å². The Morgan fingerprint density at radius 3 is 2.87 bits per heavy atom. The van der Waals surface area contributed by atoms with Crippen LogP contribution in [0.15, 0.2) is 29.2 Å². The van der Waals surface area contributed by atoms with Crippen molar-refractivity contribution in [3.63, 3.8) is 0 Å². The van der Waals surface area contributed by atoms with Crippen molar-refractivity contribution in [3.05, 3.63) is 24.3 Å². The lowest BCUT2D eigenvalue weighted by Gasteiger charge is -2.38. The molecule has 0 amide bonds. The van der Waals surface area contributed by atoms with Gasteiger partial charge in [-0.1, -0.05) is 19.4 Å². The largest absolute Gasteiger partial charge is 0.497 e. The van der Waals surface area contributed by atoms with E-state index in [0.29, 0.717) is 23.6 Å². The van der Waals surface area contributed by atoms with Crippen molar-refractivity contribution in [2.75, 3.05) is 26.0 Å². The van der Waals surface area contributed by atoms with Crippen molar-refractivity contribution in [2.24, 2.45) is 0 Å². The molecule has 0 saturated carbocycles. The van der Waals surface area contributed by atoms with Gasteiger partial charge in [0.2, 0.25) is 0 Å². The van der Waals surface area contributed by atoms with Gasteiger partial charge in [0.1, 0.15) is 5.75 Å². The summed E-state index contributed by atoms with van der Waals surface area (Å²) in [7, 11) is -1.83. The first kappa shape index (κ1) is 18.2. The van der Waals surface area contributed by atoms with Crippen LogP contribution >= 0.6 is 0 Å². The Morgan fingerprint density at radius 2 is 2.17 bits per heavy atom. The Bertz CT molecular complexity index is 602. The minimum absolute atomic E-state index is 0.0626. The zero-order valence-electron chi connectivity index (χ0n) is 13.9. The quantitative estimate of drug-likeness (QED) is 0.823. The fourth-order valence-electron chi connectivity index (χ4n) is 3.15. The van der Waals surface area contributed by atoms with Crippen LogP contribution < -0.4 is 4.74 Å². The second kappa shape index (κ2) is 8.13. The van der Waals surface area contributed by atoms with E-state index in [0.717, 1.165) is 25.8 Å². The van der Waals surface area contributed by atoms with Crippen LogP contribution in [0.2, 0.25) is 0 Å². The smallest absolute Gasteiger partial charge is 0.179 e. The molecule has 5 nitrogen and oxygen atoms in total. The topological polar surface area (TPSA) is 66.8 Å². The average molecular weight is 341 g/mol. The molecule has 1 saturated heterocycles. The Kier molecular flexibility index (Phi) is 6.44. The molecule has 1 aromatic carbocycles. The molecule has 1 N–H and O–H groups in total. The minimum atomic E-state index is -3.35. The van der Waals surface area contributed by atoms with Crippen molar-refractivity contribution in [2.45, 2.75) is 49.6 Å². The summed E-state index contributed by atoms with van der Waals surface area (Å²) in [5.74, 6) is 0.607. The maximum Gasteiger partial charge on any atom is 0.179 e. The van der Waals surface area contributed by atoms with E-state index in [-0.39, 0.29) is 17.9 Å². The number of aliphatic hydroxyl groups excluding tert-OH is 1. The number of sulfone groups is 1. The van der Waals surface area contributed by atoms with E-state index in [1.165, 1.54) is 7.11 Å². The molecule has 0 radical (unpaired) electrons. The van der Waals surface area contributed by atoms with Crippen LogP contribution in [0.1, 0.15) is 32.6 Å². The molecule has 0 bridgehead atoms. The highest BCUT2D eigenvalue weighted by Crippen LogP contribution is 2.23. The number of hydrogen-bond donors (Lipinski definition) is 1. The monoisotopic (exact) mass is 341 g/mol. The third-order valence-electron chi connectivity index (χ3n) is 4.57. The van der Waals surface area contributed by atoms with Crippen LogP contribution in [-0.2, 0) is 9.84 Å². The molecule has 1 aromatic rings. The molecule has 0 unspecified atom stereocenters. The summed E-state index contributed by atoms with van der Waals surface area (Å²) in [6.07, 6.45) is 3.42. The molecule has 0 spiro atoms. The zero-order chi connectivity index (χ0) is 16.9. The summed E-state index contributed by atoms with van der Waals surface area (Å²) in [4.78, 5) is 2.43. The van der Waals surface area contributed by atoms with Gasteiger partial charge in [0.25, 0.3) is 0 Å². The Balaban J connectivity index is 2.05. The molecule has 0 aliphatic carbocycles. The van der Waals surface area contributed by atoms with Gasteiger partial charge in [-0.15, -0.1) is 0 Å². The lowest BCUT2D eigenvalue weighted by molar-refractivity contribution is 0.0275. The molecule has 1 fully saturated rings. The first-order chi connectivity index (χ1) is 11.0. The number of rotatable bonds is 7. The van der Waals surface area contributed by atoms with E-state index < -0.39 is 9.84 Å². The summed E-state index contributed by atoms with van der Waals surface area (Å²) in [6.45, 7) is 3.28. The molecular formula is C17H27NO4S. The van der Waals surface area contributed by atoms with E-state index in [2.05, 4.69) is 4.90 Å². The maximum absolute atomic E-state index is 12.5. The van der Waals surface area contributed by atoms with E-state index in [4.69, 9.17) is 4.74 Å². The van der Waals surface area contributed by atoms with Gasteiger partial charge in [0.15, 0.2) is 9.84 Å². The molecule has 1 heterocycles. The molecule has 0 aromatic heterocycles. The lowest BCUT2D eigenvalue weighted by atomic mass is 9.96. The third kappa shape index (κ3) is 4.68. The van der Waals surface area contributed by atoms with Crippen LogP contribution in [-0.4, -0.2) is 56.5 Å². The molecule has 2 rings (SSSR count). The molecular weight excluding hydrogens is 314 g/mol. The van der Waals surface area contributed by atoms with Gasteiger partial charge in [-0.2, -0.15) is 0 Å². The number of aliphatic hydroxyl groups is 1. The molecule has 6 heteroatoms. The van der Waals surface area contributed by atoms with Gasteiger partial charge >= 0.3 is 0 Å². The number of nitrogens with zero attached hydrogens (tertiary/aromatic N) is 1. The van der Waals surface area contributed by atoms with Crippen LogP contribution in [0.3, 0.4) is 0 Å². The summed E-state index contributed by atoms with van der Waals surface area (Å²) >= 11 is 0. The van der Waals surface area contributed by atoms with Gasteiger partial charge in [-0.05, 0) is 44.0 Å². The highest BCUT2D eigenvalue weighted by atomic mass is 32.2. The molecule has 1 aliphatic rings. The second-order valence-electron chi connectivity index (χ2n) is 6.07. The van der Waals surface area contributed by atoms with Gasteiger partial charge in [-0.25, -0.2) is 8.42 Å². The van der Waals surface area contributed by atoms with Crippen molar-refractivity contribution in [1.29, 1.82) is 0 Å². The van der Waals surface area contributed by atoms with Gasteiger partial charge in [0, 0.05) is 12.6 Å². The van der Waals surface area contributed by atoms with Crippen LogP contribution in [0.25, 0.3) is 0 Å². The third-order valence-corrected chi connectivity index (χ3v) is 6.27. The first-order valence-electron chi connectivity index (χ1n) is 8.27. The normalized spacial score (nSPS) is 21.1.